The van der Waals surface area contributed by atoms with E-state index in [9.17, 15) is 0 Å². The molecule has 0 aliphatic rings. The van der Waals surface area contributed by atoms with E-state index in [0.29, 0.717) is 0 Å². The molecule has 1 heterocycles. The Morgan fingerprint density at radius 3 is 1.94 bits per heavy atom. The number of rotatable bonds is 2. The average Bonchev–Trinajstić information content (AvgIpc) is 2.87. The minimum atomic E-state index is 1.17. The SMILES string of the molecule is Cc1c[nH]c(-c2ccc(-c3ccccc3)cc2)c1. The van der Waals surface area contributed by atoms with Crippen LogP contribution in [0.5, 0.6) is 0 Å². The predicted molar refractivity (Wildman–Crippen MR) is 76.4 cm³/mol. The van der Waals surface area contributed by atoms with E-state index in [-0.39, 0.29) is 0 Å². The van der Waals surface area contributed by atoms with Gasteiger partial charge in [-0.25, -0.2) is 0 Å². The van der Waals surface area contributed by atoms with Crippen molar-refractivity contribution in [3.05, 3.63) is 72.4 Å². The second kappa shape index (κ2) is 4.53. The molecule has 0 atom stereocenters. The topological polar surface area (TPSA) is 15.8 Å². The number of H-pyrrole nitrogens is 1. The molecule has 0 unspecified atom stereocenters. The number of benzene rings is 2. The Balaban J connectivity index is 1.94. The average molecular weight is 233 g/mol. The highest BCUT2D eigenvalue weighted by Gasteiger charge is 2.01. The Morgan fingerprint density at radius 1 is 0.722 bits per heavy atom. The minimum absolute atomic E-state index is 1.17. The summed E-state index contributed by atoms with van der Waals surface area (Å²) in [5, 5.41) is 0. The van der Waals surface area contributed by atoms with E-state index in [1.54, 1.807) is 0 Å². The van der Waals surface area contributed by atoms with Gasteiger partial charge in [0.1, 0.15) is 0 Å². The van der Waals surface area contributed by atoms with Crippen molar-refractivity contribution in [2.75, 3.05) is 0 Å². The maximum atomic E-state index is 3.28. The standard InChI is InChI=1S/C17H15N/c1-13-11-17(18-12-13)16-9-7-15(8-10-16)14-5-3-2-4-6-14/h2-12,18H,1H3. The fourth-order valence-corrected chi connectivity index (χ4v) is 2.14. The molecule has 0 aliphatic heterocycles. The van der Waals surface area contributed by atoms with Crippen molar-refractivity contribution >= 4 is 0 Å². The number of nitrogens with one attached hydrogen (secondary N) is 1. The van der Waals surface area contributed by atoms with Gasteiger partial charge >= 0.3 is 0 Å². The van der Waals surface area contributed by atoms with Crippen LogP contribution in [0.3, 0.4) is 0 Å². The van der Waals surface area contributed by atoms with Crippen LogP contribution in [0.1, 0.15) is 5.56 Å². The van der Waals surface area contributed by atoms with Crippen molar-refractivity contribution in [3.8, 4) is 22.4 Å². The summed E-state index contributed by atoms with van der Waals surface area (Å²) in [6.07, 6.45) is 2.03. The fourth-order valence-electron chi connectivity index (χ4n) is 2.14. The minimum Gasteiger partial charge on any atom is -0.361 e. The third-order valence-corrected chi connectivity index (χ3v) is 3.13. The predicted octanol–water partition coefficient (Wildman–Crippen LogP) is 4.66. The molecule has 2 aromatic carbocycles. The van der Waals surface area contributed by atoms with Gasteiger partial charge in [0, 0.05) is 11.9 Å². The second-order valence-electron chi connectivity index (χ2n) is 4.53. The van der Waals surface area contributed by atoms with E-state index in [1.807, 2.05) is 12.3 Å². The Bertz CT molecular complexity index is 633. The van der Waals surface area contributed by atoms with Gasteiger partial charge in [0.25, 0.3) is 0 Å². The highest BCUT2D eigenvalue weighted by molar-refractivity contribution is 5.69. The lowest BCUT2D eigenvalue weighted by molar-refractivity contribution is 1.38. The second-order valence-corrected chi connectivity index (χ2v) is 4.53. The summed E-state index contributed by atoms with van der Waals surface area (Å²) in [6, 6.07) is 21.3. The molecular formula is C17H15N. The lowest BCUT2D eigenvalue weighted by Crippen LogP contribution is -1.79. The molecule has 1 N–H and O–H groups in total. The van der Waals surface area contributed by atoms with Gasteiger partial charge in [-0.05, 0) is 35.2 Å². The van der Waals surface area contributed by atoms with Crippen LogP contribution in [0, 0.1) is 6.92 Å². The highest BCUT2D eigenvalue weighted by Crippen LogP contribution is 2.24. The molecule has 0 amide bonds. The van der Waals surface area contributed by atoms with Gasteiger partial charge in [-0.1, -0.05) is 54.6 Å². The van der Waals surface area contributed by atoms with Crippen LogP contribution in [0.25, 0.3) is 22.4 Å². The van der Waals surface area contributed by atoms with Gasteiger partial charge in [0.15, 0.2) is 0 Å². The lowest BCUT2D eigenvalue weighted by Gasteiger charge is -2.03. The van der Waals surface area contributed by atoms with Crippen molar-refractivity contribution in [1.82, 2.24) is 4.98 Å². The monoisotopic (exact) mass is 233 g/mol. The van der Waals surface area contributed by atoms with Crippen molar-refractivity contribution in [2.45, 2.75) is 6.92 Å². The number of aryl methyl sites for hydroxylation is 1. The highest BCUT2D eigenvalue weighted by atomic mass is 14.7. The van der Waals surface area contributed by atoms with Crippen LogP contribution in [-0.4, -0.2) is 4.98 Å². The number of aromatic amines is 1. The van der Waals surface area contributed by atoms with Gasteiger partial charge in [-0.3, -0.25) is 0 Å². The Morgan fingerprint density at radius 2 is 1.33 bits per heavy atom. The quantitative estimate of drug-likeness (QED) is 0.662. The summed E-state index contributed by atoms with van der Waals surface area (Å²) < 4.78 is 0. The van der Waals surface area contributed by atoms with E-state index in [4.69, 9.17) is 0 Å². The summed E-state index contributed by atoms with van der Waals surface area (Å²) in [5.74, 6) is 0. The number of hydrogen-bond acceptors (Lipinski definition) is 0. The van der Waals surface area contributed by atoms with Crippen molar-refractivity contribution < 1.29 is 0 Å². The van der Waals surface area contributed by atoms with Gasteiger partial charge in [0.2, 0.25) is 0 Å². The summed E-state index contributed by atoms with van der Waals surface area (Å²) in [6.45, 7) is 2.10. The first-order valence-electron chi connectivity index (χ1n) is 6.14. The molecule has 0 saturated heterocycles. The van der Waals surface area contributed by atoms with Crippen LogP contribution >= 0.6 is 0 Å². The smallest absolute Gasteiger partial charge is 0.0456 e. The largest absolute Gasteiger partial charge is 0.361 e. The van der Waals surface area contributed by atoms with Crippen LogP contribution < -0.4 is 0 Å². The van der Waals surface area contributed by atoms with Crippen molar-refractivity contribution in [3.63, 3.8) is 0 Å². The molecule has 1 aromatic heterocycles. The van der Waals surface area contributed by atoms with Crippen molar-refractivity contribution in [1.29, 1.82) is 0 Å². The van der Waals surface area contributed by atoms with Crippen LogP contribution in [0.2, 0.25) is 0 Å². The maximum absolute atomic E-state index is 3.28. The summed E-state index contributed by atoms with van der Waals surface area (Å²) in [4.78, 5) is 3.28. The number of aromatic nitrogens is 1. The van der Waals surface area contributed by atoms with Gasteiger partial charge in [-0.2, -0.15) is 0 Å². The molecule has 88 valence electrons. The van der Waals surface area contributed by atoms with E-state index in [2.05, 4.69) is 66.5 Å². The molecule has 0 fully saturated rings. The zero-order chi connectivity index (χ0) is 12.4. The van der Waals surface area contributed by atoms with E-state index >= 15 is 0 Å². The molecule has 3 aromatic rings. The molecule has 0 spiro atoms. The Labute approximate surface area is 107 Å². The zero-order valence-electron chi connectivity index (χ0n) is 10.4. The first kappa shape index (κ1) is 10.8. The Hall–Kier alpha value is -2.28. The first-order valence-corrected chi connectivity index (χ1v) is 6.14. The van der Waals surface area contributed by atoms with Gasteiger partial charge in [-0.15, -0.1) is 0 Å². The zero-order valence-corrected chi connectivity index (χ0v) is 10.4. The Kier molecular flexibility index (Phi) is 2.73. The molecule has 0 radical (unpaired) electrons. The fraction of sp³-hybridized carbons (Fsp3) is 0.0588. The maximum Gasteiger partial charge on any atom is 0.0456 e. The molecule has 0 saturated carbocycles. The third-order valence-electron chi connectivity index (χ3n) is 3.13. The first-order chi connectivity index (χ1) is 8.83. The molecule has 1 nitrogen and oxygen atoms in total. The van der Waals surface area contributed by atoms with Crippen LogP contribution in [0.4, 0.5) is 0 Å². The summed E-state index contributed by atoms with van der Waals surface area (Å²) >= 11 is 0. The van der Waals surface area contributed by atoms with Gasteiger partial charge in [0.05, 0.1) is 0 Å². The van der Waals surface area contributed by atoms with E-state index in [0.717, 1.165) is 0 Å². The molecule has 0 aliphatic carbocycles. The third kappa shape index (κ3) is 2.07. The van der Waals surface area contributed by atoms with Crippen molar-refractivity contribution in [2.24, 2.45) is 0 Å². The van der Waals surface area contributed by atoms with E-state index in [1.165, 1.54) is 27.9 Å². The van der Waals surface area contributed by atoms with Gasteiger partial charge < -0.3 is 4.98 Å². The molecular weight excluding hydrogens is 218 g/mol. The molecule has 1 heteroatoms. The number of hydrogen-bond donors (Lipinski definition) is 1. The van der Waals surface area contributed by atoms with E-state index < -0.39 is 0 Å². The summed E-state index contributed by atoms with van der Waals surface area (Å²) in [7, 11) is 0. The normalized spacial score (nSPS) is 10.5. The van der Waals surface area contributed by atoms with Crippen LogP contribution in [-0.2, 0) is 0 Å². The lowest BCUT2D eigenvalue weighted by atomic mass is 10.0. The summed E-state index contributed by atoms with van der Waals surface area (Å²) in [5.41, 5.74) is 6.17. The molecule has 0 bridgehead atoms. The van der Waals surface area contributed by atoms with Crippen LogP contribution in [0.15, 0.2) is 66.9 Å². The molecule has 3 rings (SSSR count). The molecule has 18 heavy (non-hydrogen) atoms.